The molecule has 0 spiro atoms. The second kappa shape index (κ2) is 60.0. The van der Waals surface area contributed by atoms with Crippen molar-refractivity contribution in [3.8, 4) is 6.07 Å². The van der Waals surface area contributed by atoms with Crippen molar-refractivity contribution in [2.45, 2.75) is 68.2 Å². The Bertz CT molecular complexity index is 227. The monoisotopic (exact) mass is 370 g/mol. The van der Waals surface area contributed by atoms with Crippen molar-refractivity contribution >= 4 is 0 Å². The third kappa shape index (κ3) is 65.3. The Morgan fingerprint density at radius 1 is 0.857 bits per heavy atom. The average Bonchev–Trinajstić information content (AvgIpc) is 2.48. The molecule has 0 aromatic heterocycles. The largest absolute Gasteiger partial charge is 0.358 e. The molecule has 0 saturated carbocycles. The van der Waals surface area contributed by atoms with E-state index in [1.54, 1.807) is 0 Å². The van der Waals surface area contributed by atoms with Crippen molar-refractivity contribution in [1.82, 2.24) is 0 Å². The van der Waals surface area contributed by atoms with Gasteiger partial charge in [-0.2, -0.15) is 5.26 Å². The third-order valence-corrected chi connectivity index (χ3v) is 1.30. The van der Waals surface area contributed by atoms with Crippen LogP contribution in [0.3, 0.4) is 0 Å². The van der Waals surface area contributed by atoms with Crippen LogP contribution in [-0.4, -0.2) is 0 Å². The Morgan fingerprint density at radius 3 is 1.29 bits per heavy atom. The van der Waals surface area contributed by atoms with E-state index in [2.05, 4.69) is 19.1 Å². The van der Waals surface area contributed by atoms with Gasteiger partial charge in [0.15, 0.2) is 0 Å². The van der Waals surface area contributed by atoms with Gasteiger partial charge >= 0.3 is 0 Å². The van der Waals surface area contributed by atoms with E-state index < -0.39 is 0 Å². The SMILES string of the molecule is CC.CC.CC.CCCC#N.Cc1ccccc1.[CH3-].[CH3-].[Y]. The number of hydrogen-bond donors (Lipinski definition) is 0. The normalized spacial score (nSPS) is 5.29. The molecule has 1 nitrogen and oxygen atoms in total. The number of nitriles is 1. The number of benzene rings is 1. The summed E-state index contributed by atoms with van der Waals surface area (Å²) in [5.74, 6) is 0. The summed E-state index contributed by atoms with van der Waals surface area (Å²) in [6.07, 6.45) is 1.68. The maximum absolute atomic E-state index is 7.82. The standard InChI is InChI=1S/C7H8.C4H7N.3C2H6.2CH3.Y/c1-7-5-3-2-4-6-7;1-2-3-4-5;3*1-2;;;/h2-6H,1H3;2-3H2,1H3;3*1-2H3;2*1H3;/q;;;;;2*-1;. The fraction of sp³-hybridized carbons (Fsp3) is 0.526. The number of nitrogens with zero attached hydrogens (tertiary/aromatic N) is 1. The van der Waals surface area contributed by atoms with E-state index in [-0.39, 0.29) is 47.6 Å². The quantitative estimate of drug-likeness (QED) is 0.476. The molecule has 2 heteroatoms. The molecule has 21 heavy (non-hydrogen) atoms. The predicted molar refractivity (Wildman–Crippen MR) is 98.6 cm³/mol. The van der Waals surface area contributed by atoms with E-state index in [1.165, 1.54) is 5.56 Å². The van der Waals surface area contributed by atoms with Crippen LogP contribution in [0.1, 0.15) is 66.9 Å². The minimum Gasteiger partial charge on any atom is -0.358 e. The first-order chi connectivity index (χ1) is 8.81. The van der Waals surface area contributed by atoms with E-state index in [4.69, 9.17) is 5.26 Å². The van der Waals surface area contributed by atoms with Gasteiger partial charge in [0.2, 0.25) is 0 Å². The molecule has 0 aliphatic carbocycles. The van der Waals surface area contributed by atoms with Crippen LogP contribution in [0.2, 0.25) is 0 Å². The molecular formula is C19H39NY-2. The van der Waals surface area contributed by atoms with E-state index in [1.807, 2.05) is 72.7 Å². The fourth-order valence-electron chi connectivity index (χ4n) is 0.646. The fourth-order valence-corrected chi connectivity index (χ4v) is 0.646. The maximum atomic E-state index is 7.82. The van der Waals surface area contributed by atoms with Gasteiger partial charge in [0.05, 0.1) is 6.07 Å². The molecule has 1 rings (SSSR count). The van der Waals surface area contributed by atoms with Gasteiger partial charge in [-0.1, -0.05) is 84.4 Å². The van der Waals surface area contributed by atoms with Crippen LogP contribution < -0.4 is 0 Å². The summed E-state index contributed by atoms with van der Waals surface area (Å²) < 4.78 is 0. The first-order valence-electron chi connectivity index (χ1n) is 7.19. The van der Waals surface area contributed by atoms with Gasteiger partial charge in [-0.15, -0.1) is 0 Å². The van der Waals surface area contributed by atoms with Crippen molar-refractivity contribution in [2.75, 3.05) is 0 Å². The molecule has 0 bridgehead atoms. The summed E-state index contributed by atoms with van der Waals surface area (Å²) in [6.45, 7) is 16.1. The molecule has 0 heterocycles. The molecule has 0 aliphatic rings. The van der Waals surface area contributed by atoms with E-state index >= 15 is 0 Å². The first-order valence-corrected chi connectivity index (χ1v) is 7.19. The molecule has 0 fully saturated rings. The van der Waals surface area contributed by atoms with Crippen LogP contribution in [0.15, 0.2) is 30.3 Å². The van der Waals surface area contributed by atoms with E-state index in [0.717, 1.165) is 6.42 Å². The van der Waals surface area contributed by atoms with Gasteiger partial charge in [-0.25, -0.2) is 0 Å². The molecule has 0 aliphatic heterocycles. The summed E-state index contributed by atoms with van der Waals surface area (Å²) in [6, 6.07) is 12.3. The topological polar surface area (TPSA) is 23.8 Å². The van der Waals surface area contributed by atoms with Crippen LogP contribution in [0.4, 0.5) is 0 Å². The van der Waals surface area contributed by atoms with Crippen molar-refractivity contribution in [1.29, 1.82) is 5.26 Å². The second-order valence-electron chi connectivity index (χ2n) is 2.56. The van der Waals surface area contributed by atoms with Gasteiger partial charge in [-0.05, 0) is 13.3 Å². The predicted octanol–water partition coefficient (Wildman–Crippen LogP) is 7.28. The number of hydrogen-bond acceptors (Lipinski definition) is 1. The Hall–Kier alpha value is -0.186. The van der Waals surface area contributed by atoms with Crippen molar-refractivity contribution in [3.63, 3.8) is 0 Å². The van der Waals surface area contributed by atoms with Crippen LogP contribution in [0, 0.1) is 33.1 Å². The minimum absolute atomic E-state index is 0. The molecule has 0 N–H and O–H groups in total. The Kier molecular flexibility index (Phi) is 122. The van der Waals surface area contributed by atoms with Crippen LogP contribution in [0.25, 0.3) is 0 Å². The maximum Gasteiger partial charge on any atom is 0.0621 e. The summed E-state index contributed by atoms with van der Waals surface area (Å²) in [5, 5.41) is 7.82. The molecule has 125 valence electrons. The average molecular weight is 370 g/mol. The van der Waals surface area contributed by atoms with E-state index in [0.29, 0.717) is 6.42 Å². The van der Waals surface area contributed by atoms with Gasteiger partial charge in [0, 0.05) is 39.1 Å². The van der Waals surface area contributed by atoms with Crippen LogP contribution >= 0.6 is 0 Å². The third-order valence-electron chi connectivity index (χ3n) is 1.30. The number of rotatable bonds is 1. The zero-order valence-corrected chi connectivity index (χ0v) is 19.2. The molecule has 1 aromatic rings. The van der Waals surface area contributed by atoms with Gasteiger partial charge < -0.3 is 14.9 Å². The molecule has 1 radical (unpaired) electrons. The Balaban J connectivity index is -0.0000000254. The van der Waals surface area contributed by atoms with Crippen molar-refractivity contribution in [3.05, 3.63) is 50.7 Å². The zero-order chi connectivity index (χ0) is 15.2. The number of unbranched alkanes of at least 4 members (excludes halogenated alkanes) is 1. The molecule has 1 aromatic carbocycles. The zero-order valence-electron chi connectivity index (χ0n) is 16.3. The van der Waals surface area contributed by atoms with Gasteiger partial charge in [0.1, 0.15) is 0 Å². The summed E-state index contributed by atoms with van der Waals surface area (Å²) in [4.78, 5) is 0. The summed E-state index contributed by atoms with van der Waals surface area (Å²) >= 11 is 0. The second-order valence-corrected chi connectivity index (χ2v) is 2.56. The molecule has 0 amide bonds. The first kappa shape index (κ1) is 42.8. The molecule has 0 unspecified atom stereocenters. The van der Waals surface area contributed by atoms with Gasteiger partial charge in [0.25, 0.3) is 0 Å². The molecular weight excluding hydrogens is 331 g/mol. The minimum atomic E-state index is 0. The molecule has 0 saturated heterocycles. The van der Waals surface area contributed by atoms with Gasteiger partial charge in [-0.3, -0.25) is 0 Å². The smallest absolute Gasteiger partial charge is 0.0621 e. The summed E-state index contributed by atoms with van der Waals surface area (Å²) in [7, 11) is 0. The number of aryl methyl sites for hydroxylation is 1. The summed E-state index contributed by atoms with van der Waals surface area (Å²) in [5.41, 5.74) is 1.32. The van der Waals surface area contributed by atoms with Crippen molar-refractivity contribution in [2.24, 2.45) is 0 Å². The Morgan fingerprint density at radius 2 is 1.19 bits per heavy atom. The van der Waals surface area contributed by atoms with Crippen LogP contribution in [-0.2, 0) is 32.7 Å². The molecule has 0 atom stereocenters. The Labute approximate surface area is 162 Å². The van der Waals surface area contributed by atoms with Crippen LogP contribution in [0.5, 0.6) is 0 Å². The van der Waals surface area contributed by atoms with E-state index in [9.17, 15) is 0 Å². The van der Waals surface area contributed by atoms with Crippen molar-refractivity contribution < 1.29 is 32.7 Å².